The lowest BCUT2D eigenvalue weighted by Crippen LogP contribution is -2.43. The van der Waals surface area contributed by atoms with E-state index in [1.807, 2.05) is 19.1 Å². The average Bonchev–Trinajstić information content (AvgIpc) is 2.42. The summed E-state index contributed by atoms with van der Waals surface area (Å²) in [5.74, 6) is 1.05. The topological polar surface area (TPSA) is 63.2 Å². The van der Waals surface area contributed by atoms with E-state index in [1.54, 1.807) is 13.2 Å². The van der Waals surface area contributed by atoms with Gasteiger partial charge in [0, 0.05) is 19.2 Å². The van der Waals surface area contributed by atoms with Crippen LogP contribution in [0.1, 0.15) is 26.5 Å². The van der Waals surface area contributed by atoms with E-state index in [-0.39, 0.29) is 11.9 Å². The second-order valence-electron chi connectivity index (χ2n) is 4.91. The highest BCUT2D eigenvalue weighted by Gasteiger charge is 2.12. The maximum atomic E-state index is 11.8. The number of rotatable bonds is 7. The van der Waals surface area contributed by atoms with Crippen LogP contribution in [0, 0.1) is 5.92 Å². The maximum Gasteiger partial charge on any atom is 0.236 e. The van der Waals surface area contributed by atoms with Crippen molar-refractivity contribution in [2.75, 3.05) is 13.7 Å². The number of aromatic nitrogens is 1. The summed E-state index contributed by atoms with van der Waals surface area (Å²) >= 11 is 0. The fourth-order valence-electron chi connectivity index (χ4n) is 1.48. The van der Waals surface area contributed by atoms with Crippen molar-refractivity contribution >= 4 is 5.91 Å². The molecule has 19 heavy (non-hydrogen) atoms. The Hall–Kier alpha value is -1.62. The Kier molecular flexibility index (Phi) is 6.29. The van der Waals surface area contributed by atoms with Gasteiger partial charge >= 0.3 is 0 Å². The summed E-state index contributed by atoms with van der Waals surface area (Å²) in [6, 6.07) is 5.33. The number of methoxy groups -OCH3 is 1. The molecule has 1 heterocycles. The lowest BCUT2D eigenvalue weighted by molar-refractivity contribution is -0.122. The van der Waals surface area contributed by atoms with Gasteiger partial charge in [0.05, 0.1) is 18.8 Å². The lowest BCUT2D eigenvalue weighted by atomic mass is 10.2. The van der Waals surface area contributed by atoms with Crippen molar-refractivity contribution in [1.29, 1.82) is 0 Å². The van der Waals surface area contributed by atoms with E-state index in [1.165, 1.54) is 0 Å². The van der Waals surface area contributed by atoms with E-state index in [2.05, 4.69) is 29.5 Å². The zero-order chi connectivity index (χ0) is 14.3. The number of carbonyl (C=O) groups excluding carboxylic acids is 1. The Bertz CT molecular complexity index is 407. The molecule has 0 aromatic carbocycles. The highest BCUT2D eigenvalue weighted by molar-refractivity contribution is 5.81. The molecule has 5 heteroatoms. The van der Waals surface area contributed by atoms with Crippen LogP contribution in [0.5, 0.6) is 5.88 Å². The fourth-order valence-corrected chi connectivity index (χ4v) is 1.48. The van der Waals surface area contributed by atoms with Crippen molar-refractivity contribution in [2.45, 2.75) is 33.4 Å². The smallest absolute Gasteiger partial charge is 0.236 e. The van der Waals surface area contributed by atoms with Crippen LogP contribution in [0.2, 0.25) is 0 Å². The molecular formula is C14H23N3O2. The molecule has 1 rings (SSSR count). The number of nitrogens with one attached hydrogen (secondary N) is 2. The SMILES string of the molecule is COc1cccc(CNC(C)C(=O)NCC(C)C)n1. The van der Waals surface area contributed by atoms with Gasteiger partial charge in [-0.3, -0.25) is 4.79 Å². The third kappa shape index (κ3) is 5.70. The summed E-state index contributed by atoms with van der Waals surface area (Å²) in [4.78, 5) is 16.1. The monoisotopic (exact) mass is 265 g/mol. The number of hydrogen-bond acceptors (Lipinski definition) is 4. The summed E-state index contributed by atoms with van der Waals surface area (Å²) in [6.07, 6.45) is 0. The average molecular weight is 265 g/mol. The molecule has 0 saturated carbocycles. The maximum absolute atomic E-state index is 11.8. The molecule has 5 nitrogen and oxygen atoms in total. The number of amides is 1. The van der Waals surface area contributed by atoms with Gasteiger partial charge in [-0.25, -0.2) is 4.98 Å². The van der Waals surface area contributed by atoms with E-state index in [0.717, 1.165) is 5.69 Å². The van der Waals surface area contributed by atoms with E-state index >= 15 is 0 Å². The third-order valence-electron chi connectivity index (χ3n) is 2.66. The molecule has 0 aliphatic carbocycles. The number of hydrogen-bond donors (Lipinski definition) is 2. The van der Waals surface area contributed by atoms with Crippen LogP contribution in [0.25, 0.3) is 0 Å². The van der Waals surface area contributed by atoms with Gasteiger partial charge in [-0.05, 0) is 18.9 Å². The van der Waals surface area contributed by atoms with Crippen LogP contribution in [-0.2, 0) is 11.3 Å². The predicted octanol–water partition coefficient (Wildman–Crippen LogP) is 1.34. The van der Waals surface area contributed by atoms with Gasteiger partial charge in [-0.2, -0.15) is 0 Å². The van der Waals surface area contributed by atoms with Crippen molar-refractivity contribution in [1.82, 2.24) is 15.6 Å². The number of pyridine rings is 1. The molecule has 1 aromatic heterocycles. The van der Waals surface area contributed by atoms with Crippen molar-refractivity contribution in [3.8, 4) is 5.88 Å². The van der Waals surface area contributed by atoms with Gasteiger partial charge in [0.2, 0.25) is 11.8 Å². The summed E-state index contributed by atoms with van der Waals surface area (Å²) in [5, 5.41) is 6.04. The van der Waals surface area contributed by atoms with Gasteiger partial charge in [-0.15, -0.1) is 0 Å². The standard InChI is InChI=1S/C14H23N3O2/c1-10(2)8-16-14(18)11(3)15-9-12-6-5-7-13(17-12)19-4/h5-7,10-11,15H,8-9H2,1-4H3,(H,16,18). The van der Waals surface area contributed by atoms with Crippen LogP contribution in [0.4, 0.5) is 0 Å². The summed E-state index contributed by atoms with van der Waals surface area (Å²) in [5.41, 5.74) is 0.850. The first-order chi connectivity index (χ1) is 9.02. The van der Waals surface area contributed by atoms with Crippen LogP contribution >= 0.6 is 0 Å². The summed E-state index contributed by atoms with van der Waals surface area (Å²) < 4.78 is 5.06. The Morgan fingerprint density at radius 1 is 1.37 bits per heavy atom. The number of nitrogens with zero attached hydrogens (tertiary/aromatic N) is 1. The minimum Gasteiger partial charge on any atom is -0.481 e. The van der Waals surface area contributed by atoms with Gasteiger partial charge in [0.15, 0.2) is 0 Å². The molecule has 0 spiro atoms. The molecule has 2 N–H and O–H groups in total. The van der Waals surface area contributed by atoms with Crippen LogP contribution < -0.4 is 15.4 Å². The third-order valence-corrected chi connectivity index (χ3v) is 2.66. The molecule has 0 bridgehead atoms. The number of ether oxygens (including phenoxy) is 1. The molecule has 1 aromatic rings. The summed E-state index contributed by atoms with van der Waals surface area (Å²) in [6.45, 7) is 7.21. The quantitative estimate of drug-likeness (QED) is 0.781. The molecule has 0 radical (unpaired) electrons. The first-order valence-electron chi connectivity index (χ1n) is 6.54. The molecule has 0 saturated heterocycles. The van der Waals surface area contributed by atoms with Crippen molar-refractivity contribution in [2.24, 2.45) is 5.92 Å². The van der Waals surface area contributed by atoms with Crippen LogP contribution in [0.15, 0.2) is 18.2 Å². The minimum absolute atomic E-state index is 0.0107. The van der Waals surface area contributed by atoms with E-state index in [0.29, 0.717) is 24.9 Å². The second-order valence-corrected chi connectivity index (χ2v) is 4.91. The molecular weight excluding hydrogens is 242 g/mol. The Morgan fingerprint density at radius 3 is 2.74 bits per heavy atom. The molecule has 0 aliphatic rings. The van der Waals surface area contributed by atoms with Gasteiger partial charge in [0.1, 0.15) is 0 Å². The summed E-state index contributed by atoms with van der Waals surface area (Å²) in [7, 11) is 1.58. The normalized spacial score (nSPS) is 12.3. The van der Waals surface area contributed by atoms with Crippen LogP contribution in [-0.4, -0.2) is 30.6 Å². The Balaban J connectivity index is 2.40. The minimum atomic E-state index is -0.244. The molecule has 106 valence electrons. The molecule has 0 aliphatic heterocycles. The van der Waals surface area contributed by atoms with E-state index in [4.69, 9.17) is 4.74 Å². The first kappa shape index (κ1) is 15.4. The Labute approximate surface area is 114 Å². The highest BCUT2D eigenvalue weighted by Crippen LogP contribution is 2.06. The van der Waals surface area contributed by atoms with Crippen molar-refractivity contribution in [3.05, 3.63) is 23.9 Å². The largest absolute Gasteiger partial charge is 0.481 e. The molecule has 0 fully saturated rings. The fraction of sp³-hybridized carbons (Fsp3) is 0.571. The molecule has 1 atom stereocenters. The van der Waals surface area contributed by atoms with Gasteiger partial charge in [-0.1, -0.05) is 19.9 Å². The molecule has 1 amide bonds. The lowest BCUT2D eigenvalue weighted by Gasteiger charge is -2.15. The Morgan fingerprint density at radius 2 is 2.11 bits per heavy atom. The van der Waals surface area contributed by atoms with Crippen molar-refractivity contribution in [3.63, 3.8) is 0 Å². The predicted molar refractivity (Wildman–Crippen MR) is 74.9 cm³/mol. The first-order valence-corrected chi connectivity index (χ1v) is 6.54. The molecule has 1 unspecified atom stereocenters. The van der Waals surface area contributed by atoms with Crippen molar-refractivity contribution < 1.29 is 9.53 Å². The van der Waals surface area contributed by atoms with Crippen LogP contribution in [0.3, 0.4) is 0 Å². The second kappa shape index (κ2) is 7.74. The zero-order valence-electron chi connectivity index (χ0n) is 12.1. The van der Waals surface area contributed by atoms with E-state index in [9.17, 15) is 4.79 Å². The van der Waals surface area contributed by atoms with Gasteiger partial charge < -0.3 is 15.4 Å². The zero-order valence-corrected chi connectivity index (χ0v) is 12.1. The van der Waals surface area contributed by atoms with E-state index < -0.39 is 0 Å². The van der Waals surface area contributed by atoms with Gasteiger partial charge in [0.25, 0.3) is 0 Å². The highest BCUT2D eigenvalue weighted by atomic mass is 16.5. The number of carbonyl (C=O) groups is 1.